The van der Waals surface area contributed by atoms with Crippen LogP contribution in [-0.2, 0) is 9.47 Å². The number of nitrogens with one attached hydrogen (secondary N) is 3. The van der Waals surface area contributed by atoms with Gasteiger partial charge in [0.1, 0.15) is 18.2 Å². The number of halogens is 1. The van der Waals surface area contributed by atoms with Gasteiger partial charge in [-0.2, -0.15) is 0 Å². The molecule has 0 aromatic carbocycles. The second kappa shape index (κ2) is 13.4. The van der Waals surface area contributed by atoms with Gasteiger partial charge in [0.2, 0.25) is 0 Å². The van der Waals surface area contributed by atoms with Gasteiger partial charge in [-0.3, -0.25) is 0 Å². The summed E-state index contributed by atoms with van der Waals surface area (Å²) in [6.07, 6.45) is 9.82. The number of hydrogen-bond acceptors (Lipinski definition) is 8. The lowest BCUT2D eigenvalue weighted by molar-refractivity contribution is 0.0574. The fraction of sp³-hybridized carbons (Fsp3) is 0.571. The molecule has 3 heterocycles. The molecule has 0 unspecified atom stereocenters. The maximum absolute atomic E-state index is 6.55. The minimum absolute atomic E-state index is 0.269. The van der Waals surface area contributed by atoms with Gasteiger partial charge in [0.25, 0.3) is 0 Å². The van der Waals surface area contributed by atoms with Crippen LogP contribution in [-0.4, -0.2) is 60.5 Å². The summed E-state index contributed by atoms with van der Waals surface area (Å²) in [6, 6.07) is 8.85. The van der Waals surface area contributed by atoms with E-state index in [0.717, 1.165) is 73.7 Å². The van der Waals surface area contributed by atoms with Crippen LogP contribution in [0.15, 0.2) is 42.3 Å². The first-order chi connectivity index (χ1) is 17.9. The lowest BCUT2D eigenvalue weighted by Crippen LogP contribution is -2.50. The Labute approximate surface area is 225 Å². The first-order valence-electron chi connectivity index (χ1n) is 13.4. The van der Waals surface area contributed by atoms with Gasteiger partial charge in [-0.05, 0) is 70.6 Å². The summed E-state index contributed by atoms with van der Waals surface area (Å²) in [5.41, 5.74) is 7.93. The monoisotopic (exact) mass is 528 g/mol. The third-order valence-electron chi connectivity index (χ3n) is 7.34. The van der Waals surface area contributed by atoms with E-state index in [1.165, 1.54) is 0 Å². The zero-order valence-electron chi connectivity index (χ0n) is 22.1. The number of hydrogen-bond donors (Lipinski definition) is 4. The number of ether oxygens (including phenoxy) is 2. The van der Waals surface area contributed by atoms with E-state index in [1.807, 2.05) is 44.2 Å². The Morgan fingerprint density at radius 2 is 1.95 bits per heavy atom. The molecule has 0 radical (unpaired) electrons. The van der Waals surface area contributed by atoms with Gasteiger partial charge in [-0.15, -0.1) is 0 Å². The van der Waals surface area contributed by atoms with Gasteiger partial charge in [0, 0.05) is 55.7 Å². The molecule has 0 amide bonds. The predicted molar refractivity (Wildman–Crippen MR) is 151 cm³/mol. The average molecular weight is 529 g/mol. The highest BCUT2D eigenvalue weighted by atomic mass is 35.5. The van der Waals surface area contributed by atoms with Crippen LogP contribution in [0.3, 0.4) is 0 Å². The molecule has 0 bridgehead atoms. The smallest absolute Gasteiger partial charge is 0.126 e. The molecule has 1 saturated carbocycles. The SMILES string of the molecule is C/C=C(/C)OCCN[C@H]1CC[C@H](Nc2cc(-c3cccc(NCC4(N)CCOCC4)n3)c(Cl)cn2)CC1. The molecule has 1 saturated heterocycles. The second-order valence-electron chi connectivity index (χ2n) is 10.2. The summed E-state index contributed by atoms with van der Waals surface area (Å²) in [4.78, 5) is 9.35. The predicted octanol–water partition coefficient (Wildman–Crippen LogP) is 4.97. The Morgan fingerprint density at radius 1 is 1.19 bits per heavy atom. The zero-order chi connectivity index (χ0) is 26.1. The van der Waals surface area contributed by atoms with Crippen LogP contribution < -0.4 is 21.7 Å². The number of nitrogens with zero attached hydrogens (tertiary/aromatic N) is 2. The van der Waals surface area contributed by atoms with Gasteiger partial charge in [-0.1, -0.05) is 23.7 Å². The normalized spacial score (nSPS) is 21.9. The molecular formula is C28H41ClN6O2. The molecule has 0 spiro atoms. The molecule has 0 atom stereocenters. The van der Waals surface area contributed by atoms with Crippen LogP contribution in [0, 0.1) is 0 Å². The second-order valence-corrected chi connectivity index (χ2v) is 10.6. The van der Waals surface area contributed by atoms with E-state index in [9.17, 15) is 0 Å². The van der Waals surface area contributed by atoms with Crippen LogP contribution >= 0.6 is 11.6 Å². The van der Waals surface area contributed by atoms with E-state index in [2.05, 4.69) is 20.9 Å². The highest BCUT2D eigenvalue weighted by Gasteiger charge is 2.28. The van der Waals surface area contributed by atoms with Crippen molar-refractivity contribution in [3.05, 3.63) is 47.3 Å². The maximum atomic E-state index is 6.55. The minimum Gasteiger partial charge on any atom is -0.497 e. The minimum atomic E-state index is -0.269. The van der Waals surface area contributed by atoms with Gasteiger partial charge < -0.3 is 31.2 Å². The molecule has 1 aliphatic heterocycles. The van der Waals surface area contributed by atoms with Crippen molar-refractivity contribution in [2.24, 2.45) is 5.73 Å². The van der Waals surface area contributed by atoms with Crippen molar-refractivity contribution in [3.8, 4) is 11.3 Å². The Bertz CT molecular complexity index is 1040. The fourth-order valence-electron chi connectivity index (χ4n) is 4.83. The maximum Gasteiger partial charge on any atom is 0.126 e. The summed E-state index contributed by atoms with van der Waals surface area (Å²) in [6.45, 7) is 7.63. The van der Waals surface area contributed by atoms with E-state index < -0.39 is 0 Å². The fourth-order valence-corrected chi connectivity index (χ4v) is 5.03. The van der Waals surface area contributed by atoms with Crippen molar-refractivity contribution in [1.82, 2.24) is 15.3 Å². The number of allylic oxidation sites excluding steroid dienone is 2. The highest BCUT2D eigenvalue weighted by Crippen LogP contribution is 2.30. The Morgan fingerprint density at radius 3 is 2.70 bits per heavy atom. The number of anilines is 2. The number of aromatic nitrogens is 2. The molecule has 4 rings (SSSR count). The summed E-state index contributed by atoms with van der Waals surface area (Å²) in [5.74, 6) is 2.59. The van der Waals surface area contributed by atoms with Gasteiger partial charge >= 0.3 is 0 Å². The highest BCUT2D eigenvalue weighted by molar-refractivity contribution is 6.33. The molecule has 202 valence electrons. The van der Waals surface area contributed by atoms with Crippen molar-refractivity contribution in [1.29, 1.82) is 0 Å². The van der Waals surface area contributed by atoms with Crippen molar-refractivity contribution < 1.29 is 9.47 Å². The lowest BCUT2D eigenvalue weighted by atomic mass is 9.91. The Kier molecular flexibility index (Phi) is 10.0. The largest absolute Gasteiger partial charge is 0.497 e. The third kappa shape index (κ3) is 8.30. The average Bonchev–Trinajstić information content (AvgIpc) is 2.92. The topological polar surface area (TPSA) is 106 Å². The molecule has 1 aliphatic carbocycles. The van der Waals surface area contributed by atoms with E-state index in [4.69, 9.17) is 31.8 Å². The van der Waals surface area contributed by atoms with Crippen LogP contribution in [0.4, 0.5) is 11.6 Å². The van der Waals surface area contributed by atoms with E-state index in [-0.39, 0.29) is 5.54 Å². The van der Waals surface area contributed by atoms with Crippen LogP contribution in [0.1, 0.15) is 52.4 Å². The molecule has 2 aromatic rings. The number of nitrogens with two attached hydrogens (primary N) is 1. The zero-order valence-corrected chi connectivity index (χ0v) is 22.8. The standard InChI is InChI=1S/C28H41ClN6O2/c1-3-20(2)37-16-13-31-21-7-9-22(10-8-21)34-27-17-23(24(29)18-32-27)25-5-4-6-26(35-25)33-19-28(30)11-14-36-15-12-28/h3-6,17-18,21-22,31H,7-16,19,30H2,1-2H3,(H,32,34)(H,33,35)/b20-3-/t21-,22-. The molecule has 37 heavy (non-hydrogen) atoms. The van der Waals surface area contributed by atoms with Crippen LogP contribution in [0.2, 0.25) is 5.02 Å². The molecule has 9 heteroatoms. The van der Waals surface area contributed by atoms with Crippen molar-refractivity contribution in [3.63, 3.8) is 0 Å². The molecule has 2 fully saturated rings. The van der Waals surface area contributed by atoms with Crippen molar-refractivity contribution in [2.75, 3.05) is 43.5 Å². The third-order valence-corrected chi connectivity index (χ3v) is 7.64. The summed E-state index contributed by atoms with van der Waals surface area (Å²) in [5, 5.41) is 11.2. The van der Waals surface area contributed by atoms with E-state index in [0.29, 0.717) is 43.5 Å². The summed E-state index contributed by atoms with van der Waals surface area (Å²) < 4.78 is 11.1. The summed E-state index contributed by atoms with van der Waals surface area (Å²) in [7, 11) is 0. The van der Waals surface area contributed by atoms with Gasteiger partial charge in [0.15, 0.2) is 0 Å². The number of rotatable bonds is 11. The van der Waals surface area contributed by atoms with Crippen LogP contribution in [0.5, 0.6) is 0 Å². The molecule has 8 nitrogen and oxygen atoms in total. The first kappa shape index (κ1) is 27.6. The quantitative estimate of drug-likeness (QED) is 0.239. The Hall–Kier alpha value is -2.39. The molecular weight excluding hydrogens is 488 g/mol. The first-order valence-corrected chi connectivity index (χ1v) is 13.8. The molecule has 2 aliphatic rings. The molecule has 5 N–H and O–H groups in total. The number of pyridine rings is 2. The van der Waals surface area contributed by atoms with Crippen molar-refractivity contribution >= 4 is 23.2 Å². The lowest BCUT2D eigenvalue weighted by Gasteiger charge is -2.33. The van der Waals surface area contributed by atoms with Crippen molar-refractivity contribution in [2.45, 2.75) is 70.0 Å². The molecule has 2 aromatic heterocycles. The Balaban J connectivity index is 1.30. The van der Waals surface area contributed by atoms with Gasteiger partial charge in [-0.25, -0.2) is 9.97 Å². The summed E-state index contributed by atoms with van der Waals surface area (Å²) >= 11 is 6.55. The van der Waals surface area contributed by atoms with E-state index >= 15 is 0 Å². The van der Waals surface area contributed by atoms with Crippen LogP contribution in [0.25, 0.3) is 11.3 Å². The van der Waals surface area contributed by atoms with Gasteiger partial charge in [0.05, 0.1) is 16.5 Å². The van der Waals surface area contributed by atoms with E-state index in [1.54, 1.807) is 6.20 Å².